The zero-order valence-electron chi connectivity index (χ0n) is 10.9. The van der Waals surface area contributed by atoms with Gasteiger partial charge >= 0.3 is 0 Å². The SMILES string of the molecule is N#Cc1cccn1/C(N)=C/C=C(\N)c1cccc(Cl)c1Cl. The second-order valence-electron chi connectivity index (χ2n) is 4.19. The molecule has 0 spiro atoms. The van der Waals surface area contributed by atoms with E-state index in [0.29, 0.717) is 32.8 Å². The van der Waals surface area contributed by atoms with Gasteiger partial charge in [0.2, 0.25) is 0 Å². The number of allylic oxidation sites excluding steroid dienone is 2. The highest BCUT2D eigenvalue weighted by Gasteiger charge is 2.06. The van der Waals surface area contributed by atoms with E-state index in [1.165, 1.54) is 0 Å². The standard InChI is InChI=1S/C15H12Cl2N4/c16-12-5-1-4-11(15(12)17)13(19)6-7-14(20)21-8-2-3-10(21)9-18/h1-8H,19-20H2/b13-6-,14-7+. The van der Waals surface area contributed by atoms with Crippen molar-refractivity contribution in [3.8, 4) is 6.07 Å². The topological polar surface area (TPSA) is 80.8 Å². The first kappa shape index (κ1) is 15.0. The van der Waals surface area contributed by atoms with Crippen molar-refractivity contribution in [1.29, 1.82) is 5.26 Å². The molecule has 0 atom stereocenters. The van der Waals surface area contributed by atoms with Gasteiger partial charge in [-0.3, -0.25) is 4.57 Å². The molecule has 4 N–H and O–H groups in total. The van der Waals surface area contributed by atoms with Gasteiger partial charge in [0, 0.05) is 17.5 Å². The summed E-state index contributed by atoms with van der Waals surface area (Å²) >= 11 is 12.0. The fourth-order valence-corrected chi connectivity index (χ4v) is 2.18. The fourth-order valence-electron chi connectivity index (χ4n) is 1.77. The average molecular weight is 319 g/mol. The van der Waals surface area contributed by atoms with Crippen LogP contribution in [0.3, 0.4) is 0 Å². The monoisotopic (exact) mass is 318 g/mol. The van der Waals surface area contributed by atoms with E-state index in [1.54, 1.807) is 53.2 Å². The predicted octanol–water partition coefficient (Wildman–Crippen LogP) is 3.42. The Kier molecular flexibility index (Phi) is 4.59. The quantitative estimate of drug-likeness (QED) is 0.851. The van der Waals surface area contributed by atoms with Crippen molar-refractivity contribution in [1.82, 2.24) is 4.57 Å². The molecule has 0 amide bonds. The van der Waals surface area contributed by atoms with Crippen molar-refractivity contribution in [3.05, 3.63) is 70.0 Å². The molecule has 0 aliphatic heterocycles. The highest BCUT2D eigenvalue weighted by Crippen LogP contribution is 2.28. The van der Waals surface area contributed by atoms with Gasteiger partial charge in [0.25, 0.3) is 0 Å². The number of hydrogen-bond donors (Lipinski definition) is 2. The molecule has 21 heavy (non-hydrogen) atoms. The largest absolute Gasteiger partial charge is 0.398 e. The summed E-state index contributed by atoms with van der Waals surface area (Å²) in [5.41, 5.74) is 13.4. The molecule has 0 aliphatic rings. The van der Waals surface area contributed by atoms with Crippen LogP contribution in [-0.4, -0.2) is 4.57 Å². The number of nitrogens with two attached hydrogens (primary N) is 2. The lowest BCUT2D eigenvalue weighted by Crippen LogP contribution is -2.07. The lowest BCUT2D eigenvalue weighted by molar-refractivity contribution is 1.05. The smallest absolute Gasteiger partial charge is 0.125 e. The average Bonchev–Trinajstić information content (AvgIpc) is 2.95. The van der Waals surface area contributed by atoms with Gasteiger partial charge in [-0.2, -0.15) is 5.26 Å². The van der Waals surface area contributed by atoms with Crippen LogP contribution < -0.4 is 11.5 Å². The Morgan fingerprint density at radius 3 is 2.62 bits per heavy atom. The summed E-state index contributed by atoms with van der Waals surface area (Å²) in [5, 5.41) is 9.77. The van der Waals surface area contributed by atoms with Crippen LogP contribution in [0, 0.1) is 11.3 Å². The van der Waals surface area contributed by atoms with Crippen LogP contribution >= 0.6 is 23.2 Å². The summed E-state index contributed by atoms with van der Waals surface area (Å²) in [7, 11) is 0. The van der Waals surface area contributed by atoms with Gasteiger partial charge in [0.15, 0.2) is 0 Å². The summed E-state index contributed by atoms with van der Waals surface area (Å²) in [4.78, 5) is 0. The normalized spacial score (nSPS) is 12.2. The van der Waals surface area contributed by atoms with Crippen molar-refractivity contribution in [3.63, 3.8) is 0 Å². The first-order valence-corrected chi connectivity index (χ1v) is 6.75. The molecule has 0 aliphatic carbocycles. The Bertz CT molecular complexity index is 766. The third-order valence-electron chi connectivity index (χ3n) is 2.84. The first-order valence-electron chi connectivity index (χ1n) is 5.99. The zero-order chi connectivity index (χ0) is 15.4. The van der Waals surface area contributed by atoms with Crippen LogP contribution in [0.5, 0.6) is 0 Å². The number of nitriles is 1. The molecule has 1 aromatic carbocycles. The van der Waals surface area contributed by atoms with Gasteiger partial charge in [-0.05, 0) is 30.4 Å². The third-order valence-corrected chi connectivity index (χ3v) is 3.66. The van der Waals surface area contributed by atoms with Crippen molar-refractivity contribution < 1.29 is 0 Å². The highest BCUT2D eigenvalue weighted by atomic mass is 35.5. The lowest BCUT2D eigenvalue weighted by atomic mass is 10.1. The molecule has 0 radical (unpaired) electrons. The molecule has 0 saturated heterocycles. The molecular weight excluding hydrogens is 307 g/mol. The van der Waals surface area contributed by atoms with E-state index < -0.39 is 0 Å². The van der Waals surface area contributed by atoms with Crippen LogP contribution in [0.4, 0.5) is 0 Å². The van der Waals surface area contributed by atoms with Gasteiger partial charge < -0.3 is 11.5 Å². The third kappa shape index (κ3) is 3.22. The molecule has 2 aromatic rings. The van der Waals surface area contributed by atoms with Crippen molar-refractivity contribution >= 4 is 34.7 Å². The molecule has 2 rings (SSSR count). The Labute approximate surface area is 132 Å². The van der Waals surface area contributed by atoms with Gasteiger partial charge in [-0.25, -0.2) is 0 Å². The van der Waals surface area contributed by atoms with E-state index >= 15 is 0 Å². The second-order valence-corrected chi connectivity index (χ2v) is 4.98. The molecule has 6 heteroatoms. The van der Waals surface area contributed by atoms with Crippen molar-refractivity contribution in [2.75, 3.05) is 0 Å². The van der Waals surface area contributed by atoms with E-state index in [-0.39, 0.29) is 0 Å². The van der Waals surface area contributed by atoms with Gasteiger partial charge in [-0.15, -0.1) is 0 Å². The maximum atomic E-state index is 8.95. The van der Waals surface area contributed by atoms with Crippen LogP contribution in [0.15, 0.2) is 48.7 Å². The Morgan fingerprint density at radius 1 is 1.14 bits per heavy atom. The number of aromatic nitrogens is 1. The van der Waals surface area contributed by atoms with E-state index in [9.17, 15) is 0 Å². The maximum Gasteiger partial charge on any atom is 0.125 e. The zero-order valence-corrected chi connectivity index (χ0v) is 12.4. The lowest BCUT2D eigenvalue weighted by Gasteiger charge is -2.06. The first-order chi connectivity index (χ1) is 10.0. The molecule has 1 heterocycles. The van der Waals surface area contributed by atoms with Crippen molar-refractivity contribution in [2.45, 2.75) is 0 Å². The summed E-state index contributed by atoms with van der Waals surface area (Å²) < 4.78 is 1.56. The van der Waals surface area contributed by atoms with Gasteiger partial charge in [0.05, 0.1) is 10.0 Å². The van der Waals surface area contributed by atoms with Crippen LogP contribution in [0.25, 0.3) is 11.5 Å². The summed E-state index contributed by atoms with van der Waals surface area (Å²) in [5.74, 6) is 0.373. The molecule has 4 nitrogen and oxygen atoms in total. The number of rotatable bonds is 3. The van der Waals surface area contributed by atoms with Crippen LogP contribution in [-0.2, 0) is 0 Å². The number of halogens is 2. The van der Waals surface area contributed by atoms with Crippen molar-refractivity contribution in [2.24, 2.45) is 11.5 Å². The minimum Gasteiger partial charge on any atom is -0.398 e. The molecular formula is C15H12Cl2N4. The minimum atomic E-state index is 0.373. The van der Waals surface area contributed by atoms with E-state index in [0.717, 1.165) is 0 Å². The minimum absolute atomic E-state index is 0.373. The maximum absolute atomic E-state index is 8.95. The Hall–Kier alpha value is -2.35. The second kappa shape index (κ2) is 6.40. The van der Waals surface area contributed by atoms with E-state index in [4.69, 9.17) is 39.9 Å². The van der Waals surface area contributed by atoms with Crippen LogP contribution in [0.2, 0.25) is 10.0 Å². The number of nitrogens with zero attached hydrogens (tertiary/aromatic N) is 2. The van der Waals surface area contributed by atoms with E-state index in [1.807, 2.05) is 6.07 Å². The summed E-state index contributed by atoms with van der Waals surface area (Å²) in [6.07, 6.45) is 4.92. The van der Waals surface area contributed by atoms with Crippen LogP contribution in [0.1, 0.15) is 11.3 Å². The fraction of sp³-hybridized carbons (Fsp3) is 0. The predicted molar refractivity (Wildman–Crippen MR) is 86.2 cm³/mol. The van der Waals surface area contributed by atoms with Gasteiger partial charge in [0.1, 0.15) is 17.6 Å². The number of hydrogen-bond acceptors (Lipinski definition) is 3. The molecule has 106 valence electrons. The number of benzene rings is 1. The molecule has 1 aromatic heterocycles. The van der Waals surface area contributed by atoms with Gasteiger partial charge in [-0.1, -0.05) is 35.3 Å². The summed E-state index contributed by atoms with van der Waals surface area (Å²) in [6, 6.07) is 10.7. The Balaban J connectivity index is 2.34. The highest BCUT2D eigenvalue weighted by molar-refractivity contribution is 6.43. The molecule has 0 saturated carbocycles. The van der Waals surface area contributed by atoms with E-state index in [2.05, 4.69) is 0 Å². The molecule has 0 fully saturated rings. The Morgan fingerprint density at radius 2 is 1.90 bits per heavy atom. The molecule has 0 unspecified atom stereocenters. The summed E-state index contributed by atoms with van der Waals surface area (Å²) in [6.45, 7) is 0. The molecule has 0 bridgehead atoms.